The SMILES string of the molecule is CC(=N)N(C)Cc1cccc(C)n1. The number of nitrogens with one attached hydrogen (secondary N) is 1. The van der Waals surface area contributed by atoms with E-state index in [0.29, 0.717) is 12.4 Å². The summed E-state index contributed by atoms with van der Waals surface area (Å²) >= 11 is 0. The number of hydrogen-bond donors (Lipinski definition) is 1. The summed E-state index contributed by atoms with van der Waals surface area (Å²) < 4.78 is 0. The molecule has 0 saturated carbocycles. The molecule has 0 spiro atoms. The molecule has 13 heavy (non-hydrogen) atoms. The first-order chi connectivity index (χ1) is 6.09. The molecule has 1 aromatic heterocycles. The van der Waals surface area contributed by atoms with Crippen LogP contribution in [0.2, 0.25) is 0 Å². The summed E-state index contributed by atoms with van der Waals surface area (Å²) in [6.07, 6.45) is 0. The Morgan fingerprint density at radius 1 is 1.54 bits per heavy atom. The molecule has 0 saturated heterocycles. The Balaban J connectivity index is 2.69. The van der Waals surface area contributed by atoms with Gasteiger partial charge in [0, 0.05) is 12.7 Å². The molecule has 0 aliphatic rings. The molecule has 0 radical (unpaired) electrons. The second-order valence-electron chi connectivity index (χ2n) is 3.21. The molecule has 1 heterocycles. The molecule has 0 aliphatic heterocycles. The summed E-state index contributed by atoms with van der Waals surface area (Å²) in [5, 5.41) is 7.40. The molecule has 0 unspecified atom stereocenters. The molecule has 70 valence electrons. The lowest BCUT2D eigenvalue weighted by Gasteiger charge is -2.16. The Morgan fingerprint density at radius 3 is 2.77 bits per heavy atom. The first-order valence-corrected chi connectivity index (χ1v) is 4.28. The zero-order valence-corrected chi connectivity index (χ0v) is 8.33. The summed E-state index contributed by atoms with van der Waals surface area (Å²) in [5.41, 5.74) is 2.03. The minimum Gasteiger partial charge on any atom is -0.358 e. The number of rotatable bonds is 2. The molecule has 0 amide bonds. The predicted octanol–water partition coefficient (Wildman–Crippen LogP) is 1.82. The van der Waals surface area contributed by atoms with Gasteiger partial charge in [0.15, 0.2) is 0 Å². The van der Waals surface area contributed by atoms with E-state index >= 15 is 0 Å². The fourth-order valence-corrected chi connectivity index (χ4v) is 1.05. The largest absolute Gasteiger partial charge is 0.358 e. The van der Waals surface area contributed by atoms with Crippen molar-refractivity contribution < 1.29 is 0 Å². The molecule has 0 atom stereocenters. The summed E-state index contributed by atoms with van der Waals surface area (Å²) in [7, 11) is 1.90. The maximum Gasteiger partial charge on any atom is 0.0926 e. The van der Waals surface area contributed by atoms with E-state index in [4.69, 9.17) is 5.41 Å². The van der Waals surface area contributed by atoms with Crippen molar-refractivity contribution in [1.82, 2.24) is 9.88 Å². The molecular formula is C10H15N3. The van der Waals surface area contributed by atoms with Crippen LogP contribution in [-0.2, 0) is 6.54 Å². The molecule has 0 bridgehead atoms. The van der Waals surface area contributed by atoms with E-state index in [1.807, 2.05) is 37.1 Å². The number of aryl methyl sites for hydroxylation is 1. The topological polar surface area (TPSA) is 40.0 Å². The van der Waals surface area contributed by atoms with Crippen LogP contribution in [0.25, 0.3) is 0 Å². The van der Waals surface area contributed by atoms with Crippen molar-refractivity contribution >= 4 is 5.84 Å². The van der Waals surface area contributed by atoms with Gasteiger partial charge in [-0.2, -0.15) is 0 Å². The van der Waals surface area contributed by atoms with Crippen molar-refractivity contribution in [3.8, 4) is 0 Å². The van der Waals surface area contributed by atoms with Crippen LogP contribution in [0, 0.1) is 12.3 Å². The van der Waals surface area contributed by atoms with Crippen LogP contribution in [0.4, 0.5) is 0 Å². The van der Waals surface area contributed by atoms with Gasteiger partial charge < -0.3 is 4.90 Å². The van der Waals surface area contributed by atoms with Gasteiger partial charge in [0.05, 0.1) is 18.1 Å². The fraction of sp³-hybridized carbons (Fsp3) is 0.400. The third kappa shape index (κ3) is 2.86. The average molecular weight is 177 g/mol. The van der Waals surface area contributed by atoms with E-state index in [2.05, 4.69) is 4.98 Å². The highest BCUT2D eigenvalue weighted by molar-refractivity contribution is 5.75. The lowest BCUT2D eigenvalue weighted by molar-refractivity contribution is 0.486. The number of amidine groups is 1. The van der Waals surface area contributed by atoms with Crippen LogP contribution in [0.15, 0.2) is 18.2 Å². The van der Waals surface area contributed by atoms with Crippen molar-refractivity contribution in [2.45, 2.75) is 20.4 Å². The summed E-state index contributed by atoms with van der Waals surface area (Å²) in [6.45, 7) is 4.45. The van der Waals surface area contributed by atoms with Crippen LogP contribution in [0.1, 0.15) is 18.3 Å². The first kappa shape index (κ1) is 9.71. The minimum atomic E-state index is 0.559. The standard InChI is InChI=1S/C10H15N3/c1-8-5-4-6-10(12-8)7-13(3)9(2)11/h4-6,11H,7H2,1-3H3. The van der Waals surface area contributed by atoms with Gasteiger partial charge in [-0.05, 0) is 26.0 Å². The lowest BCUT2D eigenvalue weighted by atomic mass is 10.3. The lowest BCUT2D eigenvalue weighted by Crippen LogP contribution is -2.23. The number of pyridine rings is 1. The van der Waals surface area contributed by atoms with Crippen LogP contribution in [0.3, 0.4) is 0 Å². The maximum absolute atomic E-state index is 7.40. The number of aromatic nitrogens is 1. The Morgan fingerprint density at radius 2 is 2.23 bits per heavy atom. The van der Waals surface area contributed by atoms with Gasteiger partial charge in [-0.25, -0.2) is 0 Å². The molecule has 1 rings (SSSR count). The third-order valence-corrected chi connectivity index (χ3v) is 1.92. The quantitative estimate of drug-likeness (QED) is 0.553. The van der Waals surface area contributed by atoms with Crippen molar-refractivity contribution in [3.63, 3.8) is 0 Å². The van der Waals surface area contributed by atoms with Crippen LogP contribution in [-0.4, -0.2) is 22.8 Å². The predicted molar refractivity (Wildman–Crippen MR) is 53.8 cm³/mol. The van der Waals surface area contributed by atoms with Gasteiger partial charge in [-0.15, -0.1) is 0 Å². The van der Waals surface area contributed by atoms with Gasteiger partial charge in [-0.3, -0.25) is 10.4 Å². The van der Waals surface area contributed by atoms with Crippen molar-refractivity contribution in [3.05, 3.63) is 29.6 Å². The molecular weight excluding hydrogens is 162 g/mol. The van der Waals surface area contributed by atoms with E-state index in [1.54, 1.807) is 6.92 Å². The van der Waals surface area contributed by atoms with E-state index < -0.39 is 0 Å². The fourth-order valence-electron chi connectivity index (χ4n) is 1.05. The highest BCUT2D eigenvalue weighted by atomic mass is 15.1. The highest BCUT2D eigenvalue weighted by Gasteiger charge is 2.00. The van der Waals surface area contributed by atoms with Gasteiger partial charge in [-0.1, -0.05) is 6.07 Å². The van der Waals surface area contributed by atoms with E-state index in [-0.39, 0.29) is 0 Å². The normalized spacial score (nSPS) is 9.77. The number of hydrogen-bond acceptors (Lipinski definition) is 2. The van der Waals surface area contributed by atoms with Crippen LogP contribution < -0.4 is 0 Å². The van der Waals surface area contributed by atoms with E-state index in [9.17, 15) is 0 Å². The third-order valence-electron chi connectivity index (χ3n) is 1.92. The highest BCUT2D eigenvalue weighted by Crippen LogP contribution is 2.01. The summed E-state index contributed by atoms with van der Waals surface area (Å²) in [4.78, 5) is 6.22. The second-order valence-corrected chi connectivity index (χ2v) is 3.21. The first-order valence-electron chi connectivity index (χ1n) is 4.28. The molecule has 1 N–H and O–H groups in total. The van der Waals surface area contributed by atoms with Crippen molar-refractivity contribution in [2.75, 3.05) is 7.05 Å². The Labute approximate surface area is 78.9 Å². The molecule has 0 aliphatic carbocycles. The van der Waals surface area contributed by atoms with Crippen molar-refractivity contribution in [2.24, 2.45) is 0 Å². The molecule has 3 heteroatoms. The Kier molecular flexibility index (Phi) is 3.01. The summed E-state index contributed by atoms with van der Waals surface area (Å²) in [5.74, 6) is 0.559. The molecule has 3 nitrogen and oxygen atoms in total. The molecule has 1 aromatic rings. The van der Waals surface area contributed by atoms with Gasteiger partial charge >= 0.3 is 0 Å². The zero-order valence-electron chi connectivity index (χ0n) is 8.33. The van der Waals surface area contributed by atoms with Gasteiger partial charge in [0.2, 0.25) is 0 Å². The van der Waals surface area contributed by atoms with E-state index in [1.165, 1.54) is 0 Å². The van der Waals surface area contributed by atoms with Gasteiger partial charge in [0.1, 0.15) is 0 Å². The zero-order chi connectivity index (χ0) is 9.84. The maximum atomic E-state index is 7.40. The Hall–Kier alpha value is -1.38. The average Bonchev–Trinajstić information content (AvgIpc) is 2.04. The monoisotopic (exact) mass is 177 g/mol. The van der Waals surface area contributed by atoms with Crippen LogP contribution in [0.5, 0.6) is 0 Å². The molecule has 0 aromatic carbocycles. The number of nitrogens with zero attached hydrogens (tertiary/aromatic N) is 2. The molecule has 0 fully saturated rings. The second kappa shape index (κ2) is 4.03. The summed E-state index contributed by atoms with van der Waals surface area (Å²) in [6, 6.07) is 5.94. The van der Waals surface area contributed by atoms with Crippen LogP contribution >= 0.6 is 0 Å². The van der Waals surface area contributed by atoms with Gasteiger partial charge in [0.25, 0.3) is 0 Å². The van der Waals surface area contributed by atoms with Crippen molar-refractivity contribution in [1.29, 1.82) is 5.41 Å². The smallest absolute Gasteiger partial charge is 0.0926 e. The van der Waals surface area contributed by atoms with E-state index in [0.717, 1.165) is 11.4 Å². The minimum absolute atomic E-state index is 0.559. The Bertz CT molecular complexity index is 307.